The van der Waals surface area contributed by atoms with Crippen LogP contribution < -0.4 is 5.32 Å². The van der Waals surface area contributed by atoms with Crippen molar-refractivity contribution in [1.29, 1.82) is 0 Å². The van der Waals surface area contributed by atoms with Crippen LogP contribution in [0.1, 0.15) is 46.5 Å². The summed E-state index contributed by atoms with van der Waals surface area (Å²) in [5.74, 6) is 0. The predicted molar refractivity (Wildman–Crippen MR) is 68.4 cm³/mol. The van der Waals surface area contributed by atoms with Crippen LogP contribution in [0.4, 0.5) is 0 Å². The molecule has 0 radical (unpaired) electrons. The summed E-state index contributed by atoms with van der Waals surface area (Å²) in [5, 5.41) is 7.83. The van der Waals surface area contributed by atoms with Gasteiger partial charge >= 0.3 is 0 Å². The van der Waals surface area contributed by atoms with E-state index in [1.807, 2.05) is 23.1 Å². The van der Waals surface area contributed by atoms with E-state index in [4.69, 9.17) is 0 Å². The summed E-state index contributed by atoms with van der Waals surface area (Å²) < 4.78 is 1.98. The van der Waals surface area contributed by atoms with Crippen molar-refractivity contribution in [1.82, 2.24) is 15.1 Å². The number of hydrogen-bond donors (Lipinski definition) is 1. The van der Waals surface area contributed by atoms with E-state index in [-0.39, 0.29) is 0 Å². The van der Waals surface area contributed by atoms with Crippen molar-refractivity contribution in [2.45, 2.75) is 65.1 Å². The molecule has 0 fully saturated rings. The maximum Gasteiger partial charge on any atom is 0.0560 e. The lowest BCUT2D eigenvalue weighted by Crippen LogP contribution is -2.37. The molecule has 1 aromatic heterocycles. The quantitative estimate of drug-likeness (QED) is 0.687. The fourth-order valence-corrected chi connectivity index (χ4v) is 2.01. The zero-order valence-corrected chi connectivity index (χ0v) is 10.8. The molecule has 3 heteroatoms. The molecule has 1 rings (SSSR count). The highest BCUT2D eigenvalue weighted by molar-refractivity contribution is 4.79. The van der Waals surface area contributed by atoms with Gasteiger partial charge in [-0.25, -0.2) is 0 Å². The predicted octanol–water partition coefficient (Wildman–Crippen LogP) is 2.83. The molecule has 0 unspecified atom stereocenters. The van der Waals surface area contributed by atoms with E-state index >= 15 is 0 Å². The van der Waals surface area contributed by atoms with Gasteiger partial charge in [0.15, 0.2) is 0 Å². The first kappa shape index (κ1) is 13.2. The highest BCUT2D eigenvalue weighted by Crippen LogP contribution is 2.04. The molecule has 0 spiro atoms. The molecule has 0 saturated heterocycles. The number of aromatic nitrogens is 2. The largest absolute Gasteiger partial charge is 0.310 e. The lowest BCUT2D eigenvalue weighted by molar-refractivity contribution is 0.387. The molecule has 0 aromatic carbocycles. The standard InChI is InChI=1S/C13H25N3/c1-4-5-6-8-12(2)15-13(3)11-16-10-7-9-14-16/h7,9-10,12-13,15H,4-6,8,11H2,1-3H3/t12-,13-/m0/s1. The first-order chi connectivity index (χ1) is 7.72. The van der Waals surface area contributed by atoms with Crippen molar-refractivity contribution in [2.24, 2.45) is 0 Å². The average Bonchev–Trinajstić information content (AvgIpc) is 2.70. The van der Waals surface area contributed by atoms with Crippen LogP contribution in [0.2, 0.25) is 0 Å². The SMILES string of the molecule is CCCCC[C@H](C)N[C@@H](C)Cn1cccn1. The van der Waals surface area contributed by atoms with Crippen molar-refractivity contribution in [3.63, 3.8) is 0 Å². The van der Waals surface area contributed by atoms with E-state index in [0.717, 1.165) is 6.54 Å². The molecule has 2 atom stereocenters. The second-order valence-electron chi connectivity index (χ2n) is 4.69. The molecule has 92 valence electrons. The third kappa shape index (κ3) is 5.31. The fraction of sp³-hybridized carbons (Fsp3) is 0.769. The maximum atomic E-state index is 4.22. The summed E-state index contributed by atoms with van der Waals surface area (Å²) >= 11 is 0. The second-order valence-corrected chi connectivity index (χ2v) is 4.69. The first-order valence-electron chi connectivity index (χ1n) is 6.45. The van der Waals surface area contributed by atoms with Crippen molar-refractivity contribution in [3.05, 3.63) is 18.5 Å². The molecular weight excluding hydrogens is 198 g/mol. The van der Waals surface area contributed by atoms with E-state index in [1.165, 1.54) is 25.7 Å². The van der Waals surface area contributed by atoms with Crippen LogP contribution >= 0.6 is 0 Å². The number of rotatable bonds is 8. The molecule has 1 N–H and O–H groups in total. The minimum atomic E-state index is 0.483. The topological polar surface area (TPSA) is 29.9 Å². The summed E-state index contributed by atoms with van der Waals surface area (Å²) in [5.41, 5.74) is 0. The van der Waals surface area contributed by atoms with E-state index in [9.17, 15) is 0 Å². The first-order valence-corrected chi connectivity index (χ1v) is 6.45. The number of hydrogen-bond acceptors (Lipinski definition) is 2. The summed E-state index contributed by atoms with van der Waals surface area (Å²) in [6.45, 7) is 7.69. The number of unbranched alkanes of at least 4 members (excludes halogenated alkanes) is 2. The Balaban J connectivity index is 2.15. The van der Waals surface area contributed by atoms with Crippen molar-refractivity contribution < 1.29 is 0 Å². The van der Waals surface area contributed by atoms with Crippen LogP contribution in [0.25, 0.3) is 0 Å². The van der Waals surface area contributed by atoms with Crippen LogP contribution in [0.5, 0.6) is 0 Å². The number of nitrogens with one attached hydrogen (secondary N) is 1. The maximum absolute atomic E-state index is 4.22. The lowest BCUT2D eigenvalue weighted by atomic mass is 10.1. The summed E-state index contributed by atoms with van der Waals surface area (Å²) in [4.78, 5) is 0. The normalized spacial score (nSPS) is 14.9. The molecule has 16 heavy (non-hydrogen) atoms. The van der Waals surface area contributed by atoms with Gasteiger partial charge in [0.1, 0.15) is 0 Å². The Morgan fingerprint density at radius 2 is 2.06 bits per heavy atom. The summed E-state index contributed by atoms with van der Waals surface area (Å²) in [6.07, 6.45) is 9.10. The molecule has 0 amide bonds. The molecule has 0 saturated carbocycles. The van der Waals surface area contributed by atoms with Gasteiger partial charge in [0, 0.05) is 24.5 Å². The molecule has 1 heterocycles. The highest BCUT2D eigenvalue weighted by atomic mass is 15.3. The van der Waals surface area contributed by atoms with E-state index in [2.05, 4.69) is 31.2 Å². The van der Waals surface area contributed by atoms with Crippen LogP contribution in [-0.2, 0) is 6.54 Å². The molecule has 1 aromatic rings. The van der Waals surface area contributed by atoms with E-state index < -0.39 is 0 Å². The molecule has 0 bridgehead atoms. The van der Waals surface area contributed by atoms with Crippen molar-refractivity contribution in [2.75, 3.05) is 0 Å². The summed E-state index contributed by atoms with van der Waals surface area (Å²) in [6, 6.07) is 3.06. The van der Waals surface area contributed by atoms with Crippen LogP contribution in [0, 0.1) is 0 Å². The van der Waals surface area contributed by atoms with Gasteiger partial charge in [0.05, 0.1) is 6.54 Å². The average molecular weight is 223 g/mol. The Bertz CT molecular complexity index is 256. The molecule has 0 aliphatic rings. The van der Waals surface area contributed by atoms with Gasteiger partial charge in [-0.2, -0.15) is 5.10 Å². The fourth-order valence-electron chi connectivity index (χ4n) is 2.01. The van der Waals surface area contributed by atoms with Crippen LogP contribution in [-0.4, -0.2) is 21.9 Å². The second kappa shape index (κ2) is 7.44. The van der Waals surface area contributed by atoms with Gasteiger partial charge in [-0.1, -0.05) is 26.2 Å². The molecule has 0 aliphatic carbocycles. The third-order valence-electron chi connectivity index (χ3n) is 2.83. The zero-order chi connectivity index (χ0) is 11.8. The Labute approximate surface area is 99.2 Å². The van der Waals surface area contributed by atoms with E-state index in [0.29, 0.717) is 12.1 Å². The third-order valence-corrected chi connectivity index (χ3v) is 2.83. The van der Waals surface area contributed by atoms with Gasteiger partial charge in [-0.05, 0) is 26.3 Å². The molecular formula is C13H25N3. The number of nitrogens with zero attached hydrogens (tertiary/aromatic N) is 2. The highest BCUT2D eigenvalue weighted by Gasteiger charge is 2.07. The summed E-state index contributed by atoms with van der Waals surface area (Å²) in [7, 11) is 0. The van der Waals surface area contributed by atoms with Crippen LogP contribution in [0.15, 0.2) is 18.5 Å². The minimum Gasteiger partial charge on any atom is -0.310 e. The van der Waals surface area contributed by atoms with Gasteiger partial charge in [-0.15, -0.1) is 0 Å². The Kier molecular flexibility index (Phi) is 6.16. The smallest absolute Gasteiger partial charge is 0.0560 e. The van der Waals surface area contributed by atoms with Gasteiger partial charge < -0.3 is 5.32 Å². The van der Waals surface area contributed by atoms with E-state index in [1.54, 1.807) is 0 Å². The van der Waals surface area contributed by atoms with Crippen molar-refractivity contribution in [3.8, 4) is 0 Å². The Hall–Kier alpha value is -0.830. The molecule has 3 nitrogen and oxygen atoms in total. The lowest BCUT2D eigenvalue weighted by Gasteiger charge is -2.20. The van der Waals surface area contributed by atoms with Gasteiger partial charge in [0.2, 0.25) is 0 Å². The monoisotopic (exact) mass is 223 g/mol. The minimum absolute atomic E-state index is 0.483. The van der Waals surface area contributed by atoms with Crippen LogP contribution in [0.3, 0.4) is 0 Å². The Morgan fingerprint density at radius 3 is 2.69 bits per heavy atom. The molecule has 0 aliphatic heterocycles. The zero-order valence-electron chi connectivity index (χ0n) is 10.8. The van der Waals surface area contributed by atoms with Gasteiger partial charge in [-0.3, -0.25) is 4.68 Å². The van der Waals surface area contributed by atoms with Crippen molar-refractivity contribution >= 4 is 0 Å². The Morgan fingerprint density at radius 1 is 1.25 bits per heavy atom. The van der Waals surface area contributed by atoms with Gasteiger partial charge in [0.25, 0.3) is 0 Å².